The number of rotatable bonds is 2. The van der Waals surface area contributed by atoms with Crippen LogP contribution in [-0.4, -0.2) is 44.8 Å². The van der Waals surface area contributed by atoms with Crippen LogP contribution in [-0.2, 0) is 14.8 Å². The SMILES string of the molecule is CC1CN(S(=O)(=O)c2ccc3c(c2)OCO3)C(C)CO1. The van der Waals surface area contributed by atoms with E-state index in [1.165, 1.54) is 10.4 Å². The number of sulfonamides is 1. The van der Waals surface area contributed by atoms with Gasteiger partial charge in [0.15, 0.2) is 11.5 Å². The summed E-state index contributed by atoms with van der Waals surface area (Å²) in [6.07, 6.45) is -0.102. The van der Waals surface area contributed by atoms with Crippen molar-refractivity contribution in [2.75, 3.05) is 19.9 Å². The summed E-state index contributed by atoms with van der Waals surface area (Å²) >= 11 is 0. The van der Waals surface area contributed by atoms with Gasteiger partial charge in [0.1, 0.15) is 0 Å². The van der Waals surface area contributed by atoms with Crippen molar-refractivity contribution in [2.24, 2.45) is 0 Å². The van der Waals surface area contributed by atoms with Gasteiger partial charge in [0, 0.05) is 18.7 Å². The van der Waals surface area contributed by atoms with E-state index in [1.54, 1.807) is 12.1 Å². The summed E-state index contributed by atoms with van der Waals surface area (Å²) in [6.45, 7) is 4.61. The van der Waals surface area contributed by atoms with Crippen LogP contribution in [0.25, 0.3) is 0 Å². The van der Waals surface area contributed by atoms with Gasteiger partial charge >= 0.3 is 0 Å². The highest BCUT2D eigenvalue weighted by molar-refractivity contribution is 7.89. The Bertz CT molecular complexity index is 615. The zero-order valence-corrected chi connectivity index (χ0v) is 12.2. The van der Waals surface area contributed by atoms with Crippen molar-refractivity contribution >= 4 is 10.0 Å². The summed E-state index contributed by atoms with van der Waals surface area (Å²) in [4.78, 5) is 0.225. The van der Waals surface area contributed by atoms with Crippen LogP contribution in [0.15, 0.2) is 23.1 Å². The van der Waals surface area contributed by atoms with Gasteiger partial charge < -0.3 is 14.2 Å². The molecule has 3 rings (SSSR count). The Morgan fingerprint density at radius 2 is 1.95 bits per heavy atom. The summed E-state index contributed by atoms with van der Waals surface area (Å²) in [5.74, 6) is 1.05. The predicted molar refractivity (Wildman–Crippen MR) is 71.3 cm³/mol. The van der Waals surface area contributed by atoms with Crippen molar-refractivity contribution in [3.8, 4) is 11.5 Å². The summed E-state index contributed by atoms with van der Waals surface area (Å²) < 4.78 is 42.8. The van der Waals surface area contributed by atoms with Crippen LogP contribution in [0.2, 0.25) is 0 Å². The number of nitrogens with zero attached hydrogens (tertiary/aromatic N) is 1. The maximum atomic E-state index is 12.7. The van der Waals surface area contributed by atoms with Crippen molar-refractivity contribution in [1.82, 2.24) is 4.31 Å². The summed E-state index contributed by atoms with van der Waals surface area (Å²) in [5, 5.41) is 0. The molecule has 1 aromatic carbocycles. The minimum absolute atomic E-state index is 0.102. The first-order valence-electron chi connectivity index (χ1n) is 6.51. The largest absolute Gasteiger partial charge is 0.454 e. The van der Waals surface area contributed by atoms with Crippen LogP contribution in [0.1, 0.15) is 13.8 Å². The van der Waals surface area contributed by atoms with Gasteiger partial charge in [-0.25, -0.2) is 8.42 Å². The number of benzene rings is 1. The average molecular weight is 299 g/mol. The van der Waals surface area contributed by atoms with E-state index in [4.69, 9.17) is 14.2 Å². The average Bonchev–Trinajstić information content (AvgIpc) is 2.88. The maximum Gasteiger partial charge on any atom is 0.243 e. The minimum atomic E-state index is -3.55. The molecule has 1 saturated heterocycles. The molecule has 2 atom stereocenters. The van der Waals surface area contributed by atoms with Crippen LogP contribution >= 0.6 is 0 Å². The molecule has 0 amide bonds. The Kier molecular flexibility index (Phi) is 3.35. The van der Waals surface area contributed by atoms with E-state index in [2.05, 4.69) is 0 Å². The molecule has 2 aliphatic heterocycles. The third kappa shape index (κ3) is 2.25. The van der Waals surface area contributed by atoms with Gasteiger partial charge in [-0.3, -0.25) is 0 Å². The molecule has 1 aromatic rings. The molecule has 0 saturated carbocycles. The number of morpholine rings is 1. The quantitative estimate of drug-likeness (QED) is 0.821. The molecule has 0 radical (unpaired) electrons. The molecule has 6 nitrogen and oxygen atoms in total. The highest BCUT2D eigenvalue weighted by Crippen LogP contribution is 2.35. The van der Waals surface area contributed by atoms with E-state index in [1.807, 2.05) is 13.8 Å². The Hall–Kier alpha value is -1.31. The van der Waals surface area contributed by atoms with Crippen molar-refractivity contribution < 1.29 is 22.6 Å². The normalized spacial score (nSPS) is 26.7. The predicted octanol–water partition coefficient (Wildman–Crippen LogP) is 1.21. The zero-order valence-electron chi connectivity index (χ0n) is 11.4. The third-order valence-electron chi connectivity index (χ3n) is 3.50. The highest BCUT2D eigenvalue weighted by Gasteiger charge is 2.34. The minimum Gasteiger partial charge on any atom is -0.454 e. The van der Waals surface area contributed by atoms with Crippen molar-refractivity contribution in [1.29, 1.82) is 0 Å². The lowest BCUT2D eigenvalue weighted by molar-refractivity contribution is -0.0170. The van der Waals surface area contributed by atoms with E-state index in [9.17, 15) is 8.42 Å². The molecule has 0 bridgehead atoms. The van der Waals surface area contributed by atoms with Gasteiger partial charge in [0.25, 0.3) is 0 Å². The van der Waals surface area contributed by atoms with Gasteiger partial charge in [0.05, 0.1) is 17.6 Å². The molecule has 0 aromatic heterocycles. The molecule has 2 heterocycles. The molecule has 2 aliphatic rings. The summed E-state index contributed by atoms with van der Waals surface area (Å²) in [5.41, 5.74) is 0. The van der Waals surface area contributed by atoms with E-state index in [0.29, 0.717) is 24.7 Å². The molecule has 1 fully saturated rings. The molecule has 20 heavy (non-hydrogen) atoms. The monoisotopic (exact) mass is 299 g/mol. The van der Waals surface area contributed by atoms with E-state index in [-0.39, 0.29) is 23.8 Å². The Morgan fingerprint density at radius 3 is 2.75 bits per heavy atom. The van der Waals surface area contributed by atoms with Gasteiger partial charge in [-0.1, -0.05) is 0 Å². The summed E-state index contributed by atoms with van der Waals surface area (Å²) in [6, 6.07) is 4.52. The fraction of sp³-hybridized carbons (Fsp3) is 0.538. The molecule has 7 heteroatoms. The first kappa shape index (κ1) is 13.7. The Labute approximate surface area is 118 Å². The van der Waals surface area contributed by atoms with Crippen molar-refractivity contribution in [3.05, 3.63) is 18.2 Å². The number of fused-ring (bicyclic) bond motifs is 1. The summed E-state index contributed by atoms with van der Waals surface area (Å²) in [7, 11) is -3.55. The molecule has 110 valence electrons. The fourth-order valence-electron chi connectivity index (χ4n) is 2.38. The lowest BCUT2D eigenvalue weighted by Crippen LogP contribution is -2.50. The second kappa shape index (κ2) is 4.91. The molecular formula is C13H17NO5S. The molecule has 2 unspecified atom stereocenters. The highest BCUT2D eigenvalue weighted by atomic mass is 32.2. The molecular weight excluding hydrogens is 282 g/mol. The van der Waals surface area contributed by atoms with Gasteiger partial charge in [0.2, 0.25) is 16.8 Å². The molecule has 0 N–H and O–H groups in total. The van der Waals surface area contributed by atoms with Crippen molar-refractivity contribution in [3.63, 3.8) is 0 Å². The van der Waals surface area contributed by atoms with E-state index < -0.39 is 10.0 Å². The maximum absolute atomic E-state index is 12.7. The van der Waals surface area contributed by atoms with Gasteiger partial charge in [-0.15, -0.1) is 0 Å². The smallest absolute Gasteiger partial charge is 0.243 e. The van der Waals surface area contributed by atoms with Crippen LogP contribution in [0.4, 0.5) is 0 Å². The zero-order chi connectivity index (χ0) is 14.3. The van der Waals surface area contributed by atoms with Crippen LogP contribution < -0.4 is 9.47 Å². The van der Waals surface area contributed by atoms with Crippen LogP contribution in [0.3, 0.4) is 0 Å². The fourth-order valence-corrected chi connectivity index (χ4v) is 4.09. The topological polar surface area (TPSA) is 65.1 Å². The number of hydrogen-bond acceptors (Lipinski definition) is 5. The lowest BCUT2D eigenvalue weighted by Gasteiger charge is -2.35. The van der Waals surface area contributed by atoms with Crippen LogP contribution in [0.5, 0.6) is 11.5 Å². The number of ether oxygens (including phenoxy) is 3. The standard InChI is InChI=1S/C13H17NO5S/c1-9-7-17-10(2)6-14(9)20(15,16)11-3-4-12-13(5-11)19-8-18-12/h3-5,9-10H,6-8H2,1-2H3. The lowest BCUT2D eigenvalue weighted by atomic mass is 10.2. The second-order valence-corrected chi connectivity index (χ2v) is 6.97. The van der Waals surface area contributed by atoms with Gasteiger partial charge in [-0.05, 0) is 26.0 Å². The van der Waals surface area contributed by atoms with Crippen LogP contribution in [0, 0.1) is 0 Å². The second-order valence-electron chi connectivity index (χ2n) is 5.08. The molecule has 0 spiro atoms. The van der Waals surface area contributed by atoms with E-state index in [0.717, 1.165) is 0 Å². The van der Waals surface area contributed by atoms with E-state index >= 15 is 0 Å². The Morgan fingerprint density at radius 1 is 1.20 bits per heavy atom. The van der Waals surface area contributed by atoms with Gasteiger partial charge in [-0.2, -0.15) is 4.31 Å². The first-order chi connectivity index (χ1) is 9.48. The van der Waals surface area contributed by atoms with Crippen molar-refractivity contribution in [2.45, 2.75) is 30.9 Å². The Balaban J connectivity index is 1.95. The molecule has 0 aliphatic carbocycles. The first-order valence-corrected chi connectivity index (χ1v) is 7.95. The third-order valence-corrected chi connectivity index (χ3v) is 5.48. The number of hydrogen-bond donors (Lipinski definition) is 0.